The number of benzene rings is 2. The fourth-order valence-corrected chi connectivity index (χ4v) is 2.60. The predicted molar refractivity (Wildman–Crippen MR) is 110 cm³/mol. The molecule has 1 aromatic heterocycles. The van der Waals surface area contributed by atoms with Crippen LogP contribution in [0.25, 0.3) is 0 Å². The van der Waals surface area contributed by atoms with Gasteiger partial charge < -0.3 is 15.4 Å². The zero-order valence-electron chi connectivity index (χ0n) is 16.1. The van der Waals surface area contributed by atoms with Crippen LogP contribution in [-0.2, 0) is 6.61 Å². The standard InChI is InChI=1S/C22H24N4O2/c1-3-13-23-22(27)20-14-21(25-16(2)24-20)26-18-9-11-19(12-10-18)28-15-17-7-5-4-6-8-17/h4-12,14H,3,13,15H2,1-2H3,(H,23,27)(H,24,25,26). The van der Waals surface area contributed by atoms with E-state index in [1.807, 2.05) is 61.5 Å². The molecule has 28 heavy (non-hydrogen) atoms. The van der Waals surface area contributed by atoms with Crippen LogP contribution in [0.2, 0.25) is 0 Å². The minimum Gasteiger partial charge on any atom is -0.489 e. The number of aryl methyl sites for hydroxylation is 1. The number of ether oxygens (including phenoxy) is 1. The Hall–Kier alpha value is -3.41. The van der Waals surface area contributed by atoms with Crippen molar-refractivity contribution in [2.75, 3.05) is 11.9 Å². The van der Waals surface area contributed by atoms with Crippen molar-refractivity contribution in [1.82, 2.24) is 15.3 Å². The highest BCUT2D eigenvalue weighted by Gasteiger charge is 2.10. The van der Waals surface area contributed by atoms with Gasteiger partial charge in [0.05, 0.1) is 0 Å². The maximum Gasteiger partial charge on any atom is 0.270 e. The topological polar surface area (TPSA) is 76.1 Å². The van der Waals surface area contributed by atoms with E-state index in [-0.39, 0.29) is 5.91 Å². The molecule has 0 bridgehead atoms. The second-order valence-electron chi connectivity index (χ2n) is 6.37. The zero-order chi connectivity index (χ0) is 19.8. The van der Waals surface area contributed by atoms with Gasteiger partial charge in [0.1, 0.15) is 29.7 Å². The molecule has 6 heteroatoms. The number of carbonyl (C=O) groups is 1. The second-order valence-corrected chi connectivity index (χ2v) is 6.37. The number of carbonyl (C=O) groups excluding carboxylic acids is 1. The Morgan fingerprint density at radius 3 is 2.50 bits per heavy atom. The van der Waals surface area contributed by atoms with Crippen molar-refractivity contribution in [1.29, 1.82) is 0 Å². The van der Waals surface area contributed by atoms with E-state index in [2.05, 4.69) is 20.6 Å². The van der Waals surface area contributed by atoms with E-state index in [4.69, 9.17) is 4.74 Å². The average molecular weight is 376 g/mol. The molecule has 6 nitrogen and oxygen atoms in total. The summed E-state index contributed by atoms with van der Waals surface area (Å²) in [5, 5.41) is 6.04. The molecule has 0 aliphatic heterocycles. The normalized spacial score (nSPS) is 10.4. The number of aromatic nitrogens is 2. The summed E-state index contributed by atoms with van der Waals surface area (Å²) in [5.74, 6) is 1.70. The smallest absolute Gasteiger partial charge is 0.270 e. The van der Waals surface area contributed by atoms with Gasteiger partial charge in [0, 0.05) is 18.3 Å². The number of rotatable bonds is 8. The maximum atomic E-state index is 12.1. The van der Waals surface area contributed by atoms with E-state index in [0.29, 0.717) is 30.5 Å². The molecule has 0 fully saturated rings. The largest absolute Gasteiger partial charge is 0.489 e. The number of nitrogens with one attached hydrogen (secondary N) is 2. The molecular weight excluding hydrogens is 352 g/mol. The van der Waals surface area contributed by atoms with Gasteiger partial charge in [-0.1, -0.05) is 37.3 Å². The molecule has 1 amide bonds. The summed E-state index contributed by atoms with van der Waals surface area (Å²) in [5.41, 5.74) is 2.33. The Kier molecular flexibility index (Phi) is 6.57. The first-order chi connectivity index (χ1) is 13.6. The highest BCUT2D eigenvalue weighted by molar-refractivity contribution is 5.93. The molecular formula is C22H24N4O2. The summed E-state index contributed by atoms with van der Waals surface area (Å²) in [6.45, 7) is 4.91. The third-order valence-corrected chi connectivity index (χ3v) is 3.98. The van der Waals surface area contributed by atoms with Crippen LogP contribution in [0.4, 0.5) is 11.5 Å². The lowest BCUT2D eigenvalue weighted by atomic mass is 10.2. The molecule has 1 heterocycles. The van der Waals surface area contributed by atoms with Crippen molar-refractivity contribution in [2.45, 2.75) is 26.9 Å². The highest BCUT2D eigenvalue weighted by Crippen LogP contribution is 2.20. The van der Waals surface area contributed by atoms with Crippen LogP contribution < -0.4 is 15.4 Å². The summed E-state index contributed by atoms with van der Waals surface area (Å²) >= 11 is 0. The zero-order valence-corrected chi connectivity index (χ0v) is 16.1. The third-order valence-electron chi connectivity index (χ3n) is 3.98. The number of nitrogens with zero attached hydrogens (tertiary/aromatic N) is 2. The molecule has 0 unspecified atom stereocenters. The van der Waals surface area contributed by atoms with E-state index in [1.54, 1.807) is 13.0 Å². The van der Waals surface area contributed by atoms with Crippen LogP contribution in [0.15, 0.2) is 60.7 Å². The van der Waals surface area contributed by atoms with Crippen molar-refractivity contribution >= 4 is 17.4 Å². The molecule has 0 atom stereocenters. The molecule has 3 aromatic rings. The summed E-state index contributed by atoms with van der Waals surface area (Å²) in [7, 11) is 0. The summed E-state index contributed by atoms with van der Waals surface area (Å²) < 4.78 is 5.80. The van der Waals surface area contributed by atoms with Crippen molar-refractivity contribution in [2.24, 2.45) is 0 Å². The van der Waals surface area contributed by atoms with Crippen molar-refractivity contribution in [3.63, 3.8) is 0 Å². The monoisotopic (exact) mass is 376 g/mol. The van der Waals surface area contributed by atoms with Gasteiger partial charge in [0.25, 0.3) is 5.91 Å². The molecule has 2 N–H and O–H groups in total. The van der Waals surface area contributed by atoms with Crippen molar-refractivity contribution in [3.05, 3.63) is 77.7 Å². The molecule has 3 rings (SSSR count). The fraction of sp³-hybridized carbons (Fsp3) is 0.227. The molecule has 0 saturated carbocycles. The minimum absolute atomic E-state index is 0.194. The summed E-state index contributed by atoms with van der Waals surface area (Å²) in [4.78, 5) is 20.7. The van der Waals surface area contributed by atoms with Crippen LogP contribution >= 0.6 is 0 Å². The first-order valence-electron chi connectivity index (χ1n) is 9.31. The second kappa shape index (κ2) is 9.50. The van der Waals surface area contributed by atoms with Crippen molar-refractivity contribution < 1.29 is 9.53 Å². The highest BCUT2D eigenvalue weighted by atomic mass is 16.5. The van der Waals surface area contributed by atoms with E-state index in [1.165, 1.54) is 0 Å². The van der Waals surface area contributed by atoms with Gasteiger partial charge in [-0.05, 0) is 43.2 Å². The van der Waals surface area contributed by atoms with Crippen LogP contribution in [0, 0.1) is 6.92 Å². The average Bonchev–Trinajstić information content (AvgIpc) is 2.72. The van der Waals surface area contributed by atoms with Crippen molar-refractivity contribution in [3.8, 4) is 5.75 Å². The van der Waals surface area contributed by atoms with Gasteiger partial charge in [0.15, 0.2) is 0 Å². The molecule has 144 valence electrons. The van der Waals surface area contributed by atoms with Crippen LogP contribution in [0.5, 0.6) is 5.75 Å². The number of amides is 1. The Bertz CT molecular complexity index is 912. The number of anilines is 2. The van der Waals surface area contributed by atoms with Crippen LogP contribution in [0.1, 0.15) is 35.2 Å². The lowest BCUT2D eigenvalue weighted by Gasteiger charge is -2.10. The molecule has 0 saturated heterocycles. The first-order valence-corrected chi connectivity index (χ1v) is 9.31. The van der Waals surface area contributed by atoms with Gasteiger partial charge in [-0.3, -0.25) is 4.79 Å². The predicted octanol–water partition coefficient (Wildman–Crippen LogP) is 4.25. The van der Waals surface area contributed by atoms with Gasteiger partial charge in [-0.25, -0.2) is 9.97 Å². The molecule has 0 aliphatic rings. The SMILES string of the molecule is CCCNC(=O)c1cc(Nc2ccc(OCc3ccccc3)cc2)nc(C)n1. The molecule has 0 spiro atoms. The Morgan fingerprint density at radius 2 is 1.79 bits per heavy atom. The number of hydrogen-bond donors (Lipinski definition) is 2. The molecule has 0 radical (unpaired) electrons. The van der Waals surface area contributed by atoms with E-state index >= 15 is 0 Å². The lowest BCUT2D eigenvalue weighted by Crippen LogP contribution is -2.25. The fourth-order valence-electron chi connectivity index (χ4n) is 2.60. The minimum atomic E-state index is -0.194. The van der Waals surface area contributed by atoms with E-state index in [0.717, 1.165) is 23.4 Å². The Labute approximate surface area is 165 Å². The Morgan fingerprint density at radius 1 is 1.04 bits per heavy atom. The Balaban J connectivity index is 1.63. The molecule has 0 aliphatic carbocycles. The van der Waals surface area contributed by atoms with Gasteiger partial charge in [0.2, 0.25) is 0 Å². The first kappa shape index (κ1) is 19.4. The van der Waals surface area contributed by atoms with E-state index in [9.17, 15) is 4.79 Å². The maximum absolute atomic E-state index is 12.1. The third kappa shape index (κ3) is 5.54. The van der Waals surface area contributed by atoms with E-state index < -0.39 is 0 Å². The van der Waals surface area contributed by atoms with Gasteiger partial charge in [-0.2, -0.15) is 0 Å². The summed E-state index contributed by atoms with van der Waals surface area (Å²) in [6.07, 6.45) is 0.875. The molecule has 2 aromatic carbocycles. The van der Waals surface area contributed by atoms with Crippen LogP contribution in [0.3, 0.4) is 0 Å². The quantitative estimate of drug-likeness (QED) is 0.615. The number of hydrogen-bond acceptors (Lipinski definition) is 5. The summed E-state index contributed by atoms with van der Waals surface area (Å²) in [6, 6.07) is 19.3. The van der Waals surface area contributed by atoms with Gasteiger partial charge in [-0.15, -0.1) is 0 Å². The lowest BCUT2D eigenvalue weighted by molar-refractivity contribution is 0.0948. The van der Waals surface area contributed by atoms with Crippen LogP contribution in [-0.4, -0.2) is 22.4 Å². The van der Waals surface area contributed by atoms with Gasteiger partial charge >= 0.3 is 0 Å².